The standard InChI is InChI=1S/C16H18N2O5/c1-7-3-2-4-8(5-7)13(19)18-9-6-16(17,15(22)23)12-10(9)11(12)14(20)21/h2-5,9-12H,6,17H2,1H3,(H,18,19)(H,20,21)(H,22,23). The van der Waals surface area contributed by atoms with E-state index in [-0.39, 0.29) is 12.3 Å². The van der Waals surface area contributed by atoms with E-state index in [0.29, 0.717) is 5.56 Å². The van der Waals surface area contributed by atoms with E-state index in [1.807, 2.05) is 13.0 Å². The number of hydrogen-bond donors (Lipinski definition) is 4. The van der Waals surface area contributed by atoms with Crippen LogP contribution in [0.1, 0.15) is 22.3 Å². The summed E-state index contributed by atoms with van der Waals surface area (Å²) >= 11 is 0. The van der Waals surface area contributed by atoms with E-state index in [4.69, 9.17) is 5.73 Å². The molecule has 0 spiro atoms. The monoisotopic (exact) mass is 318 g/mol. The van der Waals surface area contributed by atoms with E-state index in [1.165, 1.54) is 0 Å². The molecule has 0 heterocycles. The van der Waals surface area contributed by atoms with E-state index in [2.05, 4.69) is 5.32 Å². The number of amides is 1. The molecule has 0 radical (unpaired) electrons. The SMILES string of the molecule is Cc1cccc(C(=O)NC2CC(N)(C(=O)O)C3C(C(=O)O)C23)c1. The fourth-order valence-corrected chi connectivity index (χ4v) is 3.87. The number of benzene rings is 1. The summed E-state index contributed by atoms with van der Waals surface area (Å²) in [5, 5.41) is 21.3. The molecule has 0 bridgehead atoms. The highest BCUT2D eigenvalue weighted by molar-refractivity contribution is 5.95. The second-order valence-corrected chi connectivity index (χ2v) is 6.47. The number of carbonyl (C=O) groups excluding carboxylic acids is 1. The lowest BCUT2D eigenvalue weighted by atomic mass is 9.90. The van der Waals surface area contributed by atoms with E-state index < -0.39 is 41.3 Å². The zero-order chi connectivity index (χ0) is 16.9. The van der Waals surface area contributed by atoms with Crippen molar-refractivity contribution in [1.82, 2.24) is 5.32 Å². The summed E-state index contributed by atoms with van der Waals surface area (Å²) < 4.78 is 0. The lowest BCUT2D eigenvalue weighted by molar-refractivity contribution is -0.145. The molecule has 122 valence electrons. The summed E-state index contributed by atoms with van der Waals surface area (Å²) in [6.07, 6.45) is 0.0407. The van der Waals surface area contributed by atoms with E-state index in [0.717, 1.165) is 5.56 Å². The van der Waals surface area contributed by atoms with E-state index >= 15 is 0 Å². The van der Waals surface area contributed by atoms with Gasteiger partial charge < -0.3 is 21.3 Å². The van der Waals surface area contributed by atoms with Gasteiger partial charge in [0.25, 0.3) is 5.91 Å². The molecular formula is C16H18N2O5. The number of hydrogen-bond acceptors (Lipinski definition) is 4. The highest BCUT2D eigenvalue weighted by atomic mass is 16.4. The van der Waals surface area contributed by atoms with Gasteiger partial charge in [0.1, 0.15) is 5.54 Å². The van der Waals surface area contributed by atoms with Crippen molar-refractivity contribution >= 4 is 17.8 Å². The quantitative estimate of drug-likeness (QED) is 0.628. The molecule has 3 rings (SSSR count). The van der Waals surface area contributed by atoms with Crippen LogP contribution in [-0.2, 0) is 9.59 Å². The van der Waals surface area contributed by atoms with Crippen LogP contribution in [0.4, 0.5) is 0 Å². The Morgan fingerprint density at radius 2 is 2.00 bits per heavy atom. The summed E-state index contributed by atoms with van der Waals surface area (Å²) in [5.41, 5.74) is 5.71. The minimum Gasteiger partial charge on any atom is -0.481 e. The van der Waals surface area contributed by atoms with Crippen LogP contribution in [0, 0.1) is 24.7 Å². The number of carbonyl (C=O) groups is 3. The second kappa shape index (κ2) is 5.06. The fourth-order valence-electron chi connectivity index (χ4n) is 3.87. The third-order valence-electron chi connectivity index (χ3n) is 4.97. The predicted octanol–water partition coefficient (Wildman–Crippen LogP) is 0.226. The van der Waals surface area contributed by atoms with Gasteiger partial charge in [-0.1, -0.05) is 17.7 Å². The van der Waals surface area contributed by atoms with Crippen LogP contribution < -0.4 is 11.1 Å². The number of carboxylic acid groups (broad SMARTS) is 2. The summed E-state index contributed by atoms with van der Waals surface area (Å²) in [7, 11) is 0. The van der Waals surface area contributed by atoms with Crippen molar-refractivity contribution in [2.24, 2.45) is 23.5 Å². The number of carboxylic acids is 2. The van der Waals surface area contributed by atoms with Crippen LogP contribution in [0.2, 0.25) is 0 Å². The Kier molecular flexibility index (Phi) is 3.40. The molecule has 5 N–H and O–H groups in total. The smallest absolute Gasteiger partial charge is 0.324 e. The van der Waals surface area contributed by atoms with Crippen molar-refractivity contribution < 1.29 is 24.6 Å². The first kappa shape index (κ1) is 15.5. The van der Waals surface area contributed by atoms with Gasteiger partial charge in [0.2, 0.25) is 0 Å². The van der Waals surface area contributed by atoms with Crippen molar-refractivity contribution in [3.63, 3.8) is 0 Å². The molecule has 0 aliphatic heterocycles. The molecule has 23 heavy (non-hydrogen) atoms. The number of rotatable bonds is 4. The first-order valence-electron chi connectivity index (χ1n) is 7.38. The Morgan fingerprint density at radius 3 is 2.57 bits per heavy atom. The number of aliphatic carboxylic acids is 2. The van der Waals surface area contributed by atoms with Gasteiger partial charge >= 0.3 is 11.9 Å². The van der Waals surface area contributed by atoms with Gasteiger partial charge in [0.15, 0.2) is 0 Å². The number of nitrogens with two attached hydrogens (primary N) is 1. The largest absolute Gasteiger partial charge is 0.481 e. The van der Waals surface area contributed by atoms with Crippen LogP contribution >= 0.6 is 0 Å². The third-order valence-corrected chi connectivity index (χ3v) is 4.97. The lowest BCUT2D eigenvalue weighted by Gasteiger charge is -2.25. The maximum atomic E-state index is 12.3. The van der Waals surface area contributed by atoms with Gasteiger partial charge in [0.05, 0.1) is 5.92 Å². The van der Waals surface area contributed by atoms with Crippen LogP contribution in [0.3, 0.4) is 0 Å². The minimum atomic E-state index is -1.60. The fraction of sp³-hybridized carbons (Fsp3) is 0.438. The highest BCUT2D eigenvalue weighted by Gasteiger charge is 2.74. The molecule has 2 saturated carbocycles. The molecule has 1 aromatic rings. The van der Waals surface area contributed by atoms with Crippen molar-refractivity contribution in [2.75, 3.05) is 0 Å². The van der Waals surface area contributed by atoms with Gasteiger partial charge in [-0.2, -0.15) is 0 Å². The lowest BCUT2D eigenvalue weighted by Crippen LogP contribution is -2.52. The molecule has 1 aromatic carbocycles. The number of nitrogens with one attached hydrogen (secondary N) is 1. The summed E-state index contributed by atoms with van der Waals surface area (Å²) in [6.45, 7) is 1.86. The third kappa shape index (κ3) is 2.37. The molecule has 2 aliphatic carbocycles. The minimum absolute atomic E-state index is 0.0407. The van der Waals surface area contributed by atoms with Crippen molar-refractivity contribution in [2.45, 2.75) is 24.9 Å². The summed E-state index contributed by atoms with van der Waals surface area (Å²) in [6, 6.07) is 6.44. The van der Waals surface area contributed by atoms with Crippen LogP contribution in [-0.4, -0.2) is 39.6 Å². The van der Waals surface area contributed by atoms with Gasteiger partial charge in [-0.15, -0.1) is 0 Å². The predicted molar refractivity (Wildman–Crippen MR) is 79.7 cm³/mol. The molecule has 7 heteroatoms. The molecule has 7 nitrogen and oxygen atoms in total. The van der Waals surface area contributed by atoms with Crippen molar-refractivity contribution in [3.8, 4) is 0 Å². The van der Waals surface area contributed by atoms with Gasteiger partial charge in [-0.05, 0) is 31.4 Å². The van der Waals surface area contributed by atoms with Crippen LogP contribution in [0.25, 0.3) is 0 Å². The number of aryl methyl sites for hydroxylation is 1. The van der Waals surface area contributed by atoms with Gasteiger partial charge in [-0.25, -0.2) is 0 Å². The zero-order valence-corrected chi connectivity index (χ0v) is 12.5. The normalized spacial score (nSPS) is 34.5. The van der Waals surface area contributed by atoms with E-state index in [9.17, 15) is 24.6 Å². The number of fused-ring (bicyclic) bond motifs is 1. The Bertz CT molecular complexity index is 703. The molecule has 0 aromatic heterocycles. The molecule has 2 fully saturated rings. The topological polar surface area (TPSA) is 130 Å². The maximum absolute atomic E-state index is 12.3. The molecule has 5 unspecified atom stereocenters. The molecule has 5 atom stereocenters. The van der Waals surface area contributed by atoms with Gasteiger partial charge in [0, 0.05) is 17.5 Å². The average molecular weight is 318 g/mol. The molecule has 1 amide bonds. The Labute approximate surface area is 132 Å². The summed E-state index contributed by atoms with van der Waals surface area (Å²) in [4.78, 5) is 35.0. The van der Waals surface area contributed by atoms with Crippen molar-refractivity contribution in [3.05, 3.63) is 35.4 Å². The van der Waals surface area contributed by atoms with Crippen LogP contribution in [0.5, 0.6) is 0 Å². The first-order valence-corrected chi connectivity index (χ1v) is 7.38. The average Bonchev–Trinajstić information content (AvgIpc) is 3.16. The molecule has 2 aliphatic rings. The highest BCUT2D eigenvalue weighted by Crippen LogP contribution is 2.61. The van der Waals surface area contributed by atoms with Crippen LogP contribution in [0.15, 0.2) is 24.3 Å². The Balaban J connectivity index is 1.80. The molecule has 0 saturated heterocycles. The Hall–Kier alpha value is -2.41. The van der Waals surface area contributed by atoms with E-state index in [1.54, 1.807) is 18.2 Å². The zero-order valence-electron chi connectivity index (χ0n) is 12.5. The first-order chi connectivity index (χ1) is 10.8. The van der Waals surface area contributed by atoms with Gasteiger partial charge in [-0.3, -0.25) is 14.4 Å². The summed E-state index contributed by atoms with van der Waals surface area (Å²) in [5.74, 6) is -4.51. The Morgan fingerprint density at radius 1 is 1.30 bits per heavy atom. The second-order valence-electron chi connectivity index (χ2n) is 6.47. The van der Waals surface area contributed by atoms with Crippen molar-refractivity contribution in [1.29, 1.82) is 0 Å². The maximum Gasteiger partial charge on any atom is 0.324 e. The molecular weight excluding hydrogens is 300 g/mol.